The summed E-state index contributed by atoms with van der Waals surface area (Å²) in [6.07, 6.45) is 1.01. The molecule has 0 aromatic heterocycles. The summed E-state index contributed by atoms with van der Waals surface area (Å²) < 4.78 is 0. The Labute approximate surface area is 78.1 Å². The maximum Gasteiger partial charge on any atom is 0.303 e. The number of ketones is 1. The van der Waals surface area contributed by atoms with Gasteiger partial charge in [0.1, 0.15) is 0 Å². The molecule has 1 atom stereocenters. The summed E-state index contributed by atoms with van der Waals surface area (Å²) >= 11 is 0. The van der Waals surface area contributed by atoms with Crippen LogP contribution in [0.5, 0.6) is 0 Å². The van der Waals surface area contributed by atoms with Gasteiger partial charge in [0.2, 0.25) is 0 Å². The van der Waals surface area contributed by atoms with Gasteiger partial charge in [-0.25, -0.2) is 0 Å². The molecule has 0 aromatic carbocycles. The zero-order chi connectivity index (χ0) is 10.4. The van der Waals surface area contributed by atoms with E-state index < -0.39 is 12.0 Å². The highest BCUT2D eigenvalue weighted by atomic mass is 16.4. The van der Waals surface area contributed by atoms with Gasteiger partial charge in [0.05, 0.1) is 6.04 Å². The predicted molar refractivity (Wildman–Crippen MR) is 49.3 cm³/mol. The average molecular weight is 187 g/mol. The van der Waals surface area contributed by atoms with Crippen molar-refractivity contribution in [2.24, 2.45) is 11.7 Å². The molecule has 0 bridgehead atoms. The number of aliphatic carboxylic acids is 1. The van der Waals surface area contributed by atoms with Crippen LogP contribution in [0.3, 0.4) is 0 Å². The molecule has 4 nitrogen and oxygen atoms in total. The number of carboxylic acids is 1. The number of carbonyl (C=O) groups is 2. The smallest absolute Gasteiger partial charge is 0.303 e. The average Bonchev–Trinajstić information content (AvgIpc) is 2.02. The third-order valence-corrected chi connectivity index (χ3v) is 1.84. The van der Waals surface area contributed by atoms with Gasteiger partial charge in [-0.2, -0.15) is 0 Å². The zero-order valence-corrected chi connectivity index (χ0v) is 8.12. The quantitative estimate of drug-likeness (QED) is 0.644. The number of nitrogens with two attached hydrogens (primary N) is 1. The minimum absolute atomic E-state index is 0.00499. The molecule has 0 aliphatic heterocycles. The summed E-state index contributed by atoms with van der Waals surface area (Å²) in [7, 11) is 0. The van der Waals surface area contributed by atoms with Crippen molar-refractivity contribution in [2.45, 2.75) is 39.2 Å². The Bertz CT molecular complexity index is 189. The molecule has 0 saturated carbocycles. The van der Waals surface area contributed by atoms with E-state index >= 15 is 0 Å². The fourth-order valence-electron chi connectivity index (χ4n) is 1.04. The summed E-state index contributed by atoms with van der Waals surface area (Å²) in [6.45, 7) is 3.58. The molecular weight excluding hydrogens is 170 g/mol. The second-order valence-electron chi connectivity index (χ2n) is 3.45. The van der Waals surface area contributed by atoms with Crippen molar-refractivity contribution in [2.75, 3.05) is 0 Å². The minimum atomic E-state index is -0.843. The molecule has 0 amide bonds. The van der Waals surface area contributed by atoms with Crippen LogP contribution in [0.2, 0.25) is 0 Å². The Balaban J connectivity index is 3.68. The summed E-state index contributed by atoms with van der Waals surface area (Å²) in [6, 6.07) is -0.501. The lowest BCUT2D eigenvalue weighted by Gasteiger charge is -2.11. The van der Waals surface area contributed by atoms with Crippen LogP contribution in [0.4, 0.5) is 0 Å². The van der Waals surface area contributed by atoms with Crippen LogP contribution in [-0.2, 0) is 9.59 Å². The Hall–Kier alpha value is -0.900. The molecule has 0 fully saturated rings. The molecule has 1 unspecified atom stereocenters. The van der Waals surface area contributed by atoms with Crippen molar-refractivity contribution < 1.29 is 14.7 Å². The largest absolute Gasteiger partial charge is 0.481 e. The van der Waals surface area contributed by atoms with Crippen molar-refractivity contribution in [1.29, 1.82) is 0 Å². The van der Waals surface area contributed by atoms with Crippen LogP contribution in [0.25, 0.3) is 0 Å². The summed E-state index contributed by atoms with van der Waals surface area (Å²) in [5.41, 5.74) is 5.56. The second kappa shape index (κ2) is 5.70. The maximum atomic E-state index is 11.2. The Morgan fingerprint density at radius 2 is 1.92 bits per heavy atom. The van der Waals surface area contributed by atoms with E-state index in [1.54, 1.807) is 13.8 Å². The highest BCUT2D eigenvalue weighted by Crippen LogP contribution is 2.05. The third kappa shape index (κ3) is 5.36. The van der Waals surface area contributed by atoms with Crippen molar-refractivity contribution in [1.82, 2.24) is 0 Å². The number of hydrogen-bond donors (Lipinski definition) is 2. The van der Waals surface area contributed by atoms with Crippen LogP contribution >= 0.6 is 0 Å². The van der Waals surface area contributed by atoms with Crippen LogP contribution in [-0.4, -0.2) is 22.9 Å². The fraction of sp³-hybridized carbons (Fsp3) is 0.778. The lowest BCUT2D eigenvalue weighted by atomic mass is 9.98. The molecule has 0 aliphatic rings. The first-order valence-electron chi connectivity index (χ1n) is 4.46. The fourth-order valence-corrected chi connectivity index (χ4v) is 1.04. The minimum Gasteiger partial charge on any atom is -0.481 e. The van der Waals surface area contributed by atoms with Crippen molar-refractivity contribution in [3.8, 4) is 0 Å². The van der Waals surface area contributed by atoms with Gasteiger partial charge in [0.15, 0.2) is 5.78 Å². The number of hydrogen-bond acceptors (Lipinski definition) is 3. The maximum absolute atomic E-state index is 11.2. The Morgan fingerprint density at radius 3 is 2.31 bits per heavy atom. The van der Waals surface area contributed by atoms with Gasteiger partial charge in [-0.3, -0.25) is 9.59 Å². The van der Waals surface area contributed by atoms with Crippen LogP contribution in [0.15, 0.2) is 0 Å². The van der Waals surface area contributed by atoms with E-state index in [9.17, 15) is 9.59 Å². The first kappa shape index (κ1) is 12.1. The summed E-state index contributed by atoms with van der Waals surface area (Å²) in [4.78, 5) is 21.4. The molecule has 3 N–H and O–H groups in total. The Morgan fingerprint density at radius 1 is 1.38 bits per heavy atom. The van der Waals surface area contributed by atoms with Gasteiger partial charge in [0.25, 0.3) is 0 Å². The van der Waals surface area contributed by atoms with Gasteiger partial charge >= 0.3 is 5.97 Å². The molecule has 0 aliphatic carbocycles. The van der Waals surface area contributed by atoms with Gasteiger partial charge in [-0.1, -0.05) is 13.8 Å². The Kier molecular flexibility index (Phi) is 5.30. The van der Waals surface area contributed by atoms with Crippen LogP contribution < -0.4 is 5.73 Å². The van der Waals surface area contributed by atoms with Crippen molar-refractivity contribution >= 4 is 11.8 Å². The van der Waals surface area contributed by atoms with E-state index in [-0.39, 0.29) is 18.1 Å². The number of carboxylic acid groups (broad SMARTS) is 1. The highest BCUT2D eigenvalue weighted by molar-refractivity contribution is 5.85. The van der Waals surface area contributed by atoms with E-state index in [1.165, 1.54) is 0 Å². The zero-order valence-electron chi connectivity index (χ0n) is 8.12. The van der Waals surface area contributed by atoms with Crippen molar-refractivity contribution in [3.05, 3.63) is 0 Å². The number of rotatable bonds is 6. The lowest BCUT2D eigenvalue weighted by molar-refractivity contribution is -0.137. The van der Waals surface area contributed by atoms with Gasteiger partial charge in [-0.15, -0.1) is 0 Å². The molecule has 0 heterocycles. The van der Waals surface area contributed by atoms with E-state index in [1.807, 2.05) is 0 Å². The van der Waals surface area contributed by atoms with Crippen LogP contribution in [0, 0.1) is 5.92 Å². The monoisotopic (exact) mass is 187 g/mol. The molecular formula is C9H17NO3. The molecule has 0 spiro atoms. The van der Waals surface area contributed by atoms with E-state index in [0.717, 1.165) is 0 Å². The van der Waals surface area contributed by atoms with Gasteiger partial charge in [-0.05, 0) is 12.8 Å². The molecule has 0 radical (unpaired) electrons. The standard InChI is InChI=1S/C9H17NO3/c1-6(2)9(13)7(10)4-3-5-8(11)12/h6-7H,3-5,10H2,1-2H3,(H,11,12). The molecule has 76 valence electrons. The molecule has 0 saturated heterocycles. The predicted octanol–water partition coefficient (Wildman–Crippen LogP) is 0.794. The first-order valence-corrected chi connectivity index (χ1v) is 4.46. The summed E-state index contributed by atoms with van der Waals surface area (Å²) in [5.74, 6) is -0.908. The van der Waals surface area contributed by atoms with E-state index in [4.69, 9.17) is 10.8 Å². The normalized spacial score (nSPS) is 12.9. The van der Waals surface area contributed by atoms with Crippen molar-refractivity contribution in [3.63, 3.8) is 0 Å². The van der Waals surface area contributed by atoms with Gasteiger partial charge in [0, 0.05) is 12.3 Å². The highest BCUT2D eigenvalue weighted by Gasteiger charge is 2.16. The van der Waals surface area contributed by atoms with E-state index in [2.05, 4.69) is 0 Å². The molecule has 13 heavy (non-hydrogen) atoms. The molecule has 0 aromatic rings. The second-order valence-corrected chi connectivity index (χ2v) is 3.45. The SMILES string of the molecule is CC(C)C(=O)C(N)CCCC(=O)O. The van der Waals surface area contributed by atoms with E-state index in [0.29, 0.717) is 12.8 Å². The number of carbonyl (C=O) groups excluding carboxylic acids is 1. The van der Waals surface area contributed by atoms with Gasteiger partial charge < -0.3 is 10.8 Å². The molecule has 4 heteroatoms. The lowest BCUT2D eigenvalue weighted by Crippen LogP contribution is -2.33. The number of Topliss-reactive ketones (excluding diaryl/α,β-unsaturated/α-hetero) is 1. The summed E-state index contributed by atoms with van der Waals surface area (Å²) in [5, 5.41) is 8.35. The molecule has 0 rings (SSSR count). The topological polar surface area (TPSA) is 80.4 Å². The third-order valence-electron chi connectivity index (χ3n) is 1.84. The first-order chi connectivity index (χ1) is 5.95. The van der Waals surface area contributed by atoms with Crippen LogP contribution in [0.1, 0.15) is 33.1 Å².